The lowest BCUT2D eigenvalue weighted by Gasteiger charge is -2.36. The van der Waals surface area contributed by atoms with Crippen molar-refractivity contribution in [2.75, 3.05) is 93.2 Å². The molecule has 1 saturated heterocycles. The maximum absolute atomic E-state index is 12.4. The monoisotopic (exact) mass is 700 g/mol. The number of hydrogen-bond donors (Lipinski definition) is 4. The number of non-ortho nitro benzene ring substituents is 1. The molecule has 5 rings (SSSR count). The molecule has 0 unspecified atom stereocenters. The smallest absolute Gasteiger partial charge is 0.269 e. The molecule has 0 saturated carbocycles. The summed E-state index contributed by atoms with van der Waals surface area (Å²) in [6.45, 7) is 5.88. The van der Waals surface area contributed by atoms with E-state index in [1.165, 1.54) is 12.1 Å². The van der Waals surface area contributed by atoms with E-state index < -0.39 is 4.92 Å². The van der Waals surface area contributed by atoms with Gasteiger partial charge in [0.1, 0.15) is 5.75 Å². The molecule has 0 spiro atoms. The first kappa shape index (κ1) is 36.7. The number of amides is 1. The van der Waals surface area contributed by atoms with Crippen molar-refractivity contribution in [2.45, 2.75) is 13.0 Å². The van der Waals surface area contributed by atoms with Crippen LogP contribution in [0, 0.1) is 10.1 Å². The van der Waals surface area contributed by atoms with Crippen LogP contribution in [0.25, 0.3) is 0 Å². The van der Waals surface area contributed by atoms with Crippen LogP contribution in [0.3, 0.4) is 0 Å². The van der Waals surface area contributed by atoms with Crippen molar-refractivity contribution >= 4 is 40.8 Å². The van der Waals surface area contributed by atoms with Gasteiger partial charge in [-0.05, 0) is 47.5 Å². The Morgan fingerprint density at radius 2 is 1.47 bits per heavy atom. The molecule has 2 heterocycles. The Morgan fingerprint density at radius 1 is 0.824 bits per heavy atom. The SMILES string of the molecule is COc1ccc(CNc2nc(Nc3ccc(CC(=O)NCCOCCOCCN)cc3)nc(N3CCN(c4ccc([N+](=O)[O-])cc4)CC3)n2)cc1. The number of anilines is 5. The number of nitrogens with zero attached hydrogens (tertiary/aromatic N) is 6. The summed E-state index contributed by atoms with van der Waals surface area (Å²) >= 11 is 0. The molecule has 1 fully saturated rings. The fourth-order valence-corrected chi connectivity index (χ4v) is 5.27. The molecule has 4 aromatic rings. The molecule has 51 heavy (non-hydrogen) atoms. The number of aromatic nitrogens is 3. The first-order valence-electron chi connectivity index (χ1n) is 16.8. The molecule has 3 aromatic carbocycles. The van der Waals surface area contributed by atoms with Gasteiger partial charge in [0.25, 0.3) is 5.69 Å². The topological polar surface area (TPSA) is 195 Å². The largest absolute Gasteiger partial charge is 0.497 e. The van der Waals surface area contributed by atoms with E-state index in [4.69, 9.17) is 29.9 Å². The summed E-state index contributed by atoms with van der Waals surface area (Å²) in [5, 5.41) is 20.5. The molecule has 0 aliphatic carbocycles. The second-order valence-electron chi connectivity index (χ2n) is 11.6. The van der Waals surface area contributed by atoms with Gasteiger partial charge in [0.05, 0.1) is 44.9 Å². The number of rotatable bonds is 19. The average molecular weight is 701 g/mol. The van der Waals surface area contributed by atoms with E-state index >= 15 is 0 Å². The van der Waals surface area contributed by atoms with Crippen molar-refractivity contribution in [2.24, 2.45) is 5.73 Å². The van der Waals surface area contributed by atoms with Crippen molar-refractivity contribution in [1.82, 2.24) is 20.3 Å². The lowest BCUT2D eigenvalue weighted by molar-refractivity contribution is -0.384. The minimum Gasteiger partial charge on any atom is -0.497 e. The van der Waals surface area contributed by atoms with Gasteiger partial charge in [-0.15, -0.1) is 0 Å². The third kappa shape index (κ3) is 11.5. The summed E-state index contributed by atoms with van der Waals surface area (Å²) in [4.78, 5) is 41.5. The summed E-state index contributed by atoms with van der Waals surface area (Å²) in [5.74, 6) is 1.99. The van der Waals surface area contributed by atoms with Crippen LogP contribution in [0.5, 0.6) is 5.75 Å². The highest BCUT2D eigenvalue weighted by Gasteiger charge is 2.22. The zero-order valence-electron chi connectivity index (χ0n) is 28.6. The van der Waals surface area contributed by atoms with Crippen LogP contribution in [-0.2, 0) is 27.2 Å². The van der Waals surface area contributed by atoms with Crippen molar-refractivity contribution in [3.8, 4) is 5.75 Å². The van der Waals surface area contributed by atoms with Crippen LogP contribution in [0.2, 0.25) is 0 Å². The van der Waals surface area contributed by atoms with Crippen LogP contribution in [-0.4, -0.2) is 98.6 Å². The molecule has 5 N–H and O–H groups in total. The van der Waals surface area contributed by atoms with E-state index in [0.29, 0.717) is 90.1 Å². The Bertz CT molecular complexity index is 1690. The Hall–Kier alpha value is -5.58. The van der Waals surface area contributed by atoms with Crippen LogP contribution < -0.4 is 36.2 Å². The average Bonchev–Trinajstić information content (AvgIpc) is 3.16. The van der Waals surface area contributed by atoms with E-state index in [1.54, 1.807) is 19.2 Å². The van der Waals surface area contributed by atoms with E-state index in [9.17, 15) is 14.9 Å². The van der Waals surface area contributed by atoms with Gasteiger partial charge in [0.15, 0.2) is 0 Å². The van der Waals surface area contributed by atoms with Gasteiger partial charge in [-0.2, -0.15) is 15.0 Å². The van der Waals surface area contributed by atoms with Crippen molar-refractivity contribution in [1.29, 1.82) is 0 Å². The second-order valence-corrected chi connectivity index (χ2v) is 11.6. The van der Waals surface area contributed by atoms with Crippen molar-refractivity contribution in [3.05, 3.63) is 94.0 Å². The van der Waals surface area contributed by atoms with Gasteiger partial charge in [-0.3, -0.25) is 14.9 Å². The number of hydrogen-bond acceptors (Lipinski definition) is 14. The lowest BCUT2D eigenvalue weighted by atomic mass is 10.1. The molecule has 270 valence electrons. The predicted octanol–water partition coefficient (Wildman–Crippen LogP) is 3.12. The predicted molar refractivity (Wildman–Crippen MR) is 195 cm³/mol. The van der Waals surface area contributed by atoms with Crippen molar-refractivity contribution < 1.29 is 23.9 Å². The normalized spacial score (nSPS) is 12.7. The Kier molecular flexibility index (Phi) is 13.7. The van der Waals surface area contributed by atoms with Crippen molar-refractivity contribution in [3.63, 3.8) is 0 Å². The quantitative estimate of drug-likeness (QED) is 0.0633. The van der Waals surface area contributed by atoms with E-state index in [-0.39, 0.29) is 18.0 Å². The fraction of sp³-hybridized carbons (Fsp3) is 0.371. The Balaban J connectivity index is 1.20. The van der Waals surface area contributed by atoms with E-state index in [0.717, 1.165) is 28.3 Å². The zero-order valence-corrected chi connectivity index (χ0v) is 28.6. The number of carbonyl (C=O) groups is 1. The van der Waals surface area contributed by atoms with Gasteiger partial charge < -0.3 is 45.7 Å². The third-order valence-corrected chi connectivity index (χ3v) is 8.00. The van der Waals surface area contributed by atoms with E-state index in [2.05, 4.69) is 30.7 Å². The summed E-state index contributed by atoms with van der Waals surface area (Å²) in [6.07, 6.45) is 0.237. The second kappa shape index (κ2) is 19.0. The minimum absolute atomic E-state index is 0.0656. The molecule has 1 aromatic heterocycles. The maximum atomic E-state index is 12.4. The maximum Gasteiger partial charge on any atom is 0.269 e. The highest BCUT2D eigenvalue weighted by atomic mass is 16.6. The Morgan fingerprint density at radius 3 is 2.14 bits per heavy atom. The first-order chi connectivity index (χ1) is 24.9. The van der Waals surface area contributed by atoms with E-state index in [1.807, 2.05) is 48.5 Å². The molecule has 0 bridgehead atoms. The fourth-order valence-electron chi connectivity index (χ4n) is 5.27. The molecule has 0 atom stereocenters. The number of benzene rings is 3. The number of piperazine rings is 1. The molecule has 16 nitrogen and oxygen atoms in total. The molecule has 0 radical (unpaired) electrons. The lowest BCUT2D eigenvalue weighted by Crippen LogP contribution is -2.47. The molecule has 1 aliphatic rings. The third-order valence-electron chi connectivity index (χ3n) is 8.00. The van der Waals surface area contributed by atoms with Gasteiger partial charge in [-0.25, -0.2) is 0 Å². The van der Waals surface area contributed by atoms with Crippen LogP contribution >= 0.6 is 0 Å². The summed E-state index contributed by atoms with van der Waals surface area (Å²) in [5.41, 5.74) is 9.02. The number of nitro benzene ring substituents is 1. The molecule has 16 heteroatoms. The molecule has 1 aliphatic heterocycles. The Labute approximate surface area is 296 Å². The molecular weight excluding hydrogens is 656 g/mol. The number of nitrogens with one attached hydrogen (secondary N) is 3. The number of carbonyl (C=O) groups excluding carboxylic acids is 1. The number of methoxy groups -OCH3 is 1. The van der Waals surface area contributed by atoms with Crippen LogP contribution in [0.1, 0.15) is 11.1 Å². The van der Waals surface area contributed by atoms with Gasteiger partial charge in [0.2, 0.25) is 23.8 Å². The van der Waals surface area contributed by atoms with Gasteiger partial charge in [0, 0.05) is 69.3 Å². The minimum atomic E-state index is -0.397. The zero-order chi connectivity index (χ0) is 35.8. The highest BCUT2D eigenvalue weighted by molar-refractivity contribution is 5.78. The van der Waals surface area contributed by atoms with Gasteiger partial charge >= 0.3 is 0 Å². The van der Waals surface area contributed by atoms with Gasteiger partial charge in [-0.1, -0.05) is 24.3 Å². The standard InChI is InChI=1S/C35H44N10O6/c1-49-31-12-4-27(5-13-31)25-38-33-40-34(39-28-6-2-26(3-7-28)24-32(46)37-15-21-51-23-22-50-20-14-36)42-35(41-33)44-18-16-43(17-19-44)29-8-10-30(11-9-29)45(47)48/h2-13H,14-25,36H2,1H3,(H,37,46)(H2,38,39,40,41,42). The number of nitro groups is 1. The number of ether oxygens (including phenoxy) is 3. The highest BCUT2D eigenvalue weighted by Crippen LogP contribution is 2.24. The summed E-state index contributed by atoms with van der Waals surface area (Å²) < 4.78 is 16.0. The summed E-state index contributed by atoms with van der Waals surface area (Å²) in [7, 11) is 1.63. The number of nitrogens with two attached hydrogens (primary N) is 1. The van der Waals surface area contributed by atoms with Crippen LogP contribution in [0.15, 0.2) is 72.8 Å². The van der Waals surface area contributed by atoms with Crippen LogP contribution in [0.4, 0.5) is 34.9 Å². The molecular formula is C35H44N10O6. The first-order valence-corrected chi connectivity index (χ1v) is 16.8. The molecule has 1 amide bonds. The summed E-state index contributed by atoms with van der Waals surface area (Å²) in [6, 6.07) is 21.9.